The van der Waals surface area contributed by atoms with Crippen LogP contribution in [-0.2, 0) is 13.1 Å². The smallest absolute Gasteiger partial charge is 0.180 e. The summed E-state index contributed by atoms with van der Waals surface area (Å²) in [6, 6.07) is 21.0. The predicted molar refractivity (Wildman–Crippen MR) is 159 cm³/mol. The number of benzene rings is 2. The molecule has 5 heterocycles. The maximum absolute atomic E-state index is 4.84. The van der Waals surface area contributed by atoms with Crippen molar-refractivity contribution in [2.45, 2.75) is 13.1 Å². The molecule has 0 aliphatic carbocycles. The van der Waals surface area contributed by atoms with E-state index in [1.807, 2.05) is 24.7 Å². The van der Waals surface area contributed by atoms with Gasteiger partial charge in [0.25, 0.3) is 0 Å². The average molecular weight is 530 g/mol. The number of hydrogen-bond donors (Lipinski definition) is 3. The standard InChI is InChI=1S/C31H31N9/c1-39-11-13-40(14-12-39)27-9-10-34-30-29(27)35-31(36-30)28-25-16-23(7-8-26(25)37-38-28)24-15-22(19-33-20-24)18-32-17-21-5-3-2-4-6-21/h2-10,15-16,19-20,32H,11-14,17-18H2,1H3,(H,37,38)(H,34,35,36). The molecular formula is C31H31N9. The van der Waals surface area contributed by atoms with Crippen molar-refractivity contribution in [3.05, 3.63) is 90.4 Å². The lowest BCUT2D eigenvalue weighted by Crippen LogP contribution is -2.44. The molecule has 6 aromatic rings. The van der Waals surface area contributed by atoms with Crippen molar-refractivity contribution in [1.29, 1.82) is 0 Å². The Morgan fingerprint density at radius 1 is 0.875 bits per heavy atom. The van der Waals surface area contributed by atoms with Crippen molar-refractivity contribution >= 4 is 27.8 Å². The normalized spacial score (nSPS) is 14.4. The van der Waals surface area contributed by atoms with Crippen LogP contribution in [0.1, 0.15) is 11.1 Å². The molecule has 0 spiro atoms. The van der Waals surface area contributed by atoms with Crippen LogP contribution in [0.25, 0.3) is 44.7 Å². The van der Waals surface area contributed by atoms with E-state index in [-0.39, 0.29) is 0 Å². The molecule has 0 amide bonds. The summed E-state index contributed by atoms with van der Waals surface area (Å²) in [7, 11) is 2.17. The second kappa shape index (κ2) is 10.5. The molecule has 9 nitrogen and oxygen atoms in total. The third-order valence-corrected chi connectivity index (χ3v) is 7.63. The fourth-order valence-corrected chi connectivity index (χ4v) is 5.38. The third kappa shape index (κ3) is 4.81. The van der Waals surface area contributed by atoms with Crippen LogP contribution >= 0.6 is 0 Å². The lowest BCUT2D eigenvalue weighted by molar-refractivity contribution is 0.313. The van der Waals surface area contributed by atoms with E-state index in [1.54, 1.807) is 0 Å². The van der Waals surface area contributed by atoms with Crippen molar-refractivity contribution in [3.63, 3.8) is 0 Å². The molecule has 3 N–H and O–H groups in total. The zero-order chi connectivity index (χ0) is 26.9. The zero-order valence-electron chi connectivity index (χ0n) is 22.4. The van der Waals surface area contributed by atoms with Crippen LogP contribution in [0, 0.1) is 0 Å². The Kier molecular flexibility index (Phi) is 6.43. The number of nitrogens with one attached hydrogen (secondary N) is 3. The molecule has 0 unspecified atom stereocenters. The van der Waals surface area contributed by atoms with Gasteiger partial charge in [-0.2, -0.15) is 5.10 Å². The molecule has 0 bridgehead atoms. The second-order valence-electron chi connectivity index (χ2n) is 10.4. The Morgan fingerprint density at radius 2 is 1.73 bits per heavy atom. The summed E-state index contributed by atoms with van der Waals surface area (Å²) in [4.78, 5) is 22.2. The number of piperazine rings is 1. The first-order valence-electron chi connectivity index (χ1n) is 13.7. The largest absolute Gasteiger partial charge is 0.367 e. The lowest BCUT2D eigenvalue weighted by Gasteiger charge is -2.34. The summed E-state index contributed by atoms with van der Waals surface area (Å²) in [5.74, 6) is 0.712. The number of aromatic amines is 2. The van der Waals surface area contributed by atoms with E-state index in [0.29, 0.717) is 11.5 Å². The van der Waals surface area contributed by atoms with E-state index in [0.717, 1.165) is 83.8 Å². The Labute approximate surface area is 232 Å². The number of aromatic nitrogens is 6. The molecule has 2 aromatic carbocycles. The predicted octanol–water partition coefficient (Wildman–Crippen LogP) is 4.60. The number of likely N-dealkylation sites (N-methyl/N-ethyl adjacent to an activating group) is 1. The van der Waals surface area contributed by atoms with Gasteiger partial charge in [-0.15, -0.1) is 0 Å². The maximum Gasteiger partial charge on any atom is 0.180 e. The number of anilines is 1. The summed E-state index contributed by atoms with van der Waals surface area (Å²) in [6.07, 6.45) is 5.67. The van der Waals surface area contributed by atoms with Gasteiger partial charge in [0.15, 0.2) is 11.5 Å². The van der Waals surface area contributed by atoms with Gasteiger partial charge in [-0.3, -0.25) is 10.1 Å². The van der Waals surface area contributed by atoms with Crippen molar-refractivity contribution in [1.82, 2.24) is 40.3 Å². The number of fused-ring (bicyclic) bond motifs is 2. The minimum Gasteiger partial charge on any atom is -0.367 e. The lowest BCUT2D eigenvalue weighted by atomic mass is 10.0. The summed E-state index contributed by atoms with van der Waals surface area (Å²) in [5.41, 5.74) is 9.10. The number of rotatable bonds is 7. The van der Waals surface area contributed by atoms with E-state index >= 15 is 0 Å². The molecule has 1 aliphatic rings. The average Bonchev–Trinajstić information content (AvgIpc) is 3.62. The van der Waals surface area contributed by atoms with Crippen LogP contribution in [0.4, 0.5) is 5.69 Å². The molecule has 0 radical (unpaired) electrons. The Hall–Kier alpha value is -4.60. The summed E-state index contributed by atoms with van der Waals surface area (Å²) < 4.78 is 0. The van der Waals surface area contributed by atoms with Crippen LogP contribution in [-0.4, -0.2) is 68.3 Å². The highest BCUT2D eigenvalue weighted by Gasteiger charge is 2.20. The zero-order valence-corrected chi connectivity index (χ0v) is 22.4. The molecule has 40 heavy (non-hydrogen) atoms. The number of hydrogen-bond acceptors (Lipinski definition) is 7. The molecule has 1 saturated heterocycles. The van der Waals surface area contributed by atoms with Crippen LogP contribution in [0.5, 0.6) is 0 Å². The first-order valence-corrected chi connectivity index (χ1v) is 13.7. The molecule has 0 atom stereocenters. The van der Waals surface area contributed by atoms with Crippen LogP contribution in [0.2, 0.25) is 0 Å². The van der Waals surface area contributed by atoms with Gasteiger partial charge >= 0.3 is 0 Å². The van der Waals surface area contributed by atoms with E-state index in [9.17, 15) is 0 Å². The highest BCUT2D eigenvalue weighted by atomic mass is 15.3. The quantitative estimate of drug-likeness (QED) is 0.278. The number of pyridine rings is 2. The summed E-state index contributed by atoms with van der Waals surface area (Å²) >= 11 is 0. The van der Waals surface area contributed by atoms with Gasteiger partial charge in [0.1, 0.15) is 11.2 Å². The first kappa shape index (κ1) is 24.4. The SMILES string of the molecule is CN1CCN(c2ccnc3nc(-c4n[nH]c5ccc(-c6cncc(CNCc7ccccc7)c6)cc45)[nH]c23)CC1. The number of nitrogens with zero attached hydrogens (tertiary/aromatic N) is 6. The summed E-state index contributed by atoms with van der Waals surface area (Å²) in [5, 5.41) is 12.3. The first-order chi connectivity index (χ1) is 19.7. The van der Waals surface area contributed by atoms with Gasteiger partial charge < -0.3 is 20.1 Å². The van der Waals surface area contributed by atoms with Crippen molar-refractivity contribution in [3.8, 4) is 22.6 Å². The van der Waals surface area contributed by atoms with Crippen molar-refractivity contribution < 1.29 is 0 Å². The van der Waals surface area contributed by atoms with Gasteiger partial charge in [0.05, 0.1) is 11.2 Å². The Morgan fingerprint density at radius 3 is 2.60 bits per heavy atom. The van der Waals surface area contributed by atoms with Crippen LogP contribution in [0.3, 0.4) is 0 Å². The van der Waals surface area contributed by atoms with E-state index in [2.05, 4.69) is 102 Å². The second-order valence-corrected chi connectivity index (χ2v) is 10.4. The molecule has 200 valence electrons. The third-order valence-electron chi connectivity index (χ3n) is 7.63. The van der Waals surface area contributed by atoms with Gasteiger partial charge in [-0.05, 0) is 48.0 Å². The number of imidazole rings is 1. The molecule has 9 heteroatoms. The van der Waals surface area contributed by atoms with Crippen LogP contribution in [0.15, 0.2) is 79.3 Å². The molecule has 7 rings (SSSR count). The monoisotopic (exact) mass is 529 g/mol. The van der Waals surface area contributed by atoms with Crippen molar-refractivity contribution in [2.24, 2.45) is 0 Å². The van der Waals surface area contributed by atoms with E-state index in [4.69, 9.17) is 4.98 Å². The van der Waals surface area contributed by atoms with Gasteiger partial charge in [0.2, 0.25) is 0 Å². The molecule has 1 fully saturated rings. The summed E-state index contributed by atoms with van der Waals surface area (Å²) in [6.45, 7) is 5.60. The minimum atomic E-state index is 0.707. The maximum atomic E-state index is 4.84. The molecule has 4 aromatic heterocycles. The fourth-order valence-electron chi connectivity index (χ4n) is 5.38. The van der Waals surface area contributed by atoms with E-state index < -0.39 is 0 Å². The van der Waals surface area contributed by atoms with Gasteiger partial charge in [-0.1, -0.05) is 36.4 Å². The highest BCUT2D eigenvalue weighted by Crippen LogP contribution is 2.32. The number of H-pyrrole nitrogens is 2. The molecule has 0 saturated carbocycles. The topological polar surface area (TPSA) is 102 Å². The fraction of sp³-hybridized carbons (Fsp3) is 0.226. The molecular weight excluding hydrogens is 498 g/mol. The Bertz CT molecular complexity index is 1760. The molecule has 1 aliphatic heterocycles. The Balaban J connectivity index is 1.17. The minimum absolute atomic E-state index is 0.707. The van der Waals surface area contributed by atoms with Gasteiger partial charge in [-0.25, -0.2) is 9.97 Å². The van der Waals surface area contributed by atoms with Crippen molar-refractivity contribution in [2.75, 3.05) is 38.1 Å². The van der Waals surface area contributed by atoms with Crippen LogP contribution < -0.4 is 10.2 Å². The van der Waals surface area contributed by atoms with Gasteiger partial charge in [0, 0.05) is 68.8 Å². The highest BCUT2D eigenvalue weighted by molar-refractivity contribution is 5.96. The van der Waals surface area contributed by atoms with E-state index in [1.165, 1.54) is 5.56 Å².